The van der Waals surface area contributed by atoms with Gasteiger partial charge in [-0.15, -0.1) is 0 Å². The lowest BCUT2D eigenvalue weighted by Crippen LogP contribution is -2.34. The number of hydrogen-bond acceptors (Lipinski definition) is 3. The van der Waals surface area contributed by atoms with Gasteiger partial charge in [0, 0.05) is 25.4 Å². The zero-order chi connectivity index (χ0) is 22.5. The van der Waals surface area contributed by atoms with Crippen molar-refractivity contribution in [1.82, 2.24) is 4.90 Å². The van der Waals surface area contributed by atoms with Crippen LogP contribution in [0.25, 0.3) is 0 Å². The highest BCUT2D eigenvalue weighted by molar-refractivity contribution is 5.78. The summed E-state index contributed by atoms with van der Waals surface area (Å²) in [6, 6.07) is 10.7. The molecule has 1 heterocycles. The van der Waals surface area contributed by atoms with E-state index in [9.17, 15) is 14.7 Å². The molecule has 0 radical (unpaired) electrons. The van der Waals surface area contributed by atoms with Crippen molar-refractivity contribution < 1.29 is 19.8 Å². The number of aliphatic hydroxyl groups excluding tert-OH is 1. The highest BCUT2D eigenvalue weighted by Gasteiger charge is 2.30. The van der Waals surface area contributed by atoms with E-state index >= 15 is 0 Å². The number of allylic oxidation sites excluding steroid dienone is 1. The van der Waals surface area contributed by atoms with Gasteiger partial charge in [0.1, 0.15) is 0 Å². The number of aryl methyl sites for hydroxylation is 1. The van der Waals surface area contributed by atoms with Gasteiger partial charge < -0.3 is 15.1 Å². The van der Waals surface area contributed by atoms with E-state index in [-0.39, 0.29) is 30.4 Å². The van der Waals surface area contributed by atoms with Gasteiger partial charge in [0.25, 0.3) is 0 Å². The molecule has 0 aromatic heterocycles. The second-order valence-electron chi connectivity index (χ2n) is 8.85. The van der Waals surface area contributed by atoms with Crippen molar-refractivity contribution in [3.63, 3.8) is 0 Å². The molecule has 1 saturated heterocycles. The van der Waals surface area contributed by atoms with Gasteiger partial charge in [-0.3, -0.25) is 9.59 Å². The third-order valence-electron chi connectivity index (χ3n) is 6.35. The summed E-state index contributed by atoms with van der Waals surface area (Å²) < 4.78 is 0. The van der Waals surface area contributed by atoms with Crippen LogP contribution in [0.5, 0.6) is 0 Å². The highest BCUT2D eigenvalue weighted by atomic mass is 16.4. The average molecular weight is 430 g/mol. The van der Waals surface area contributed by atoms with Gasteiger partial charge in [0.2, 0.25) is 5.91 Å². The lowest BCUT2D eigenvalue weighted by Gasteiger charge is -2.26. The molecule has 1 aromatic carbocycles. The number of aliphatic carboxylic acids is 1. The van der Waals surface area contributed by atoms with E-state index < -0.39 is 5.97 Å². The van der Waals surface area contributed by atoms with Crippen LogP contribution in [0.15, 0.2) is 42.5 Å². The first-order chi connectivity index (χ1) is 15.0. The second kappa shape index (κ2) is 14.0. The molecule has 5 nitrogen and oxygen atoms in total. The van der Waals surface area contributed by atoms with E-state index in [1.807, 2.05) is 23.1 Å². The van der Waals surface area contributed by atoms with Crippen LogP contribution in [0.1, 0.15) is 76.7 Å². The second-order valence-corrected chi connectivity index (χ2v) is 8.85. The third kappa shape index (κ3) is 9.69. The minimum Gasteiger partial charge on any atom is -0.481 e. The summed E-state index contributed by atoms with van der Waals surface area (Å²) >= 11 is 0. The van der Waals surface area contributed by atoms with Crippen molar-refractivity contribution in [2.24, 2.45) is 5.92 Å². The van der Waals surface area contributed by atoms with Crippen LogP contribution in [0, 0.1) is 5.92 Å². The quantitative estimate of drug-likeness (QED) is 0.304. The smallest absolute Gasteiger partial charge is 0.303 e. The monoisotopic (exact) mass is 429 g/mol. The van der Waals surface area contributed by atoms with E-state index in [0.29, 0.717) is 19.4 Å². The number of aliphatic hydroxyl groups is 1. The van der Waals surface area contributed by atoms with E-state index in [1.165, 1.54) is 5.56 Å². The number of likely N-dealkylation sites (tertiary alicyclic amines) is 1. The van der Waals surface area contributed by atoms with Crippen molar-refractivity contribution >= 4 is 11.9 Å². The van der Waals surface area contributed by atoms with Crippen LogP contribution in [-0.2, 0) is 16.0 Å². The van der Waals surface area contributed by atoms with Crippen molar-refractivity contribution in [1.29, 1.82) is 0 Å². The molecule has 0 saturated carbocycles. The van der Waals surface area contributed by atoms with Crippen molar-refractivity contribution in [2.45, 2.75) is 89.7 Å². The van der Waals surface area contributed by atoms with Gasteiger partial charge >= 0.3 is 5.97 Å². The van der Waals surface area contributed by atoms with Crippen molar-refractivity contribution in [3.8, 4) is 0 Å². The summed E-state index contributed by atoms with van der Waals surface area (Å²) in [5.74, 6) is -0.314. The van der Waals surface area contributed by atoms with Crippen LogP contribution >= 0.6 is 0 Å². The maximum atomic E-state index is 12.2. The Labute approximate surface area is 187 Å². The number of carbonyl (C=O) groups excluding carboxylic acids is 1. The Hall–Kier alpha value is -2.14. The molecule has 2 rings (SSSR count). The summed E-state index contributed by atoms with van der Waals surface area (Å²) in [6.07, 6.45) is 12.6. The van der Waals surface area contributed by atoms with E-state index in [2.05, 4.69) is 31.2 Å². The molecule has 2 N–H and O–H groups in total. The minimum atomic E-state index is -0.771. The summed E-state index contributed by atoms with van der Waals surface area (Å²) in [5.41, 5.74) is 1.37. The predicted molar refractivity (Wildman–Crippen MR) is 124 cm³/mol. The number of rotatable bonds is 15. The number of hydrogen-bond donors (Lipinski definition) is 2. The Bertz CT molecular complexity index is 688. The van der Waals surface area contributed by atoms with Crippen molar-refractivity contribution in [2.75, 3.05) is 6.54 Å². The molecule has 0 aliphatic carbocycles. The fourth-order valence-electron chi connectivity index (χ4n) is 4.30. The van der Waals surface area contributed by atoms with Gasteiger partial charge in [0.15, 0.2) is 0 Å². The first-order valence-corrected chi connectivity index (χ1v) is 11.9. The third-order valence-corrected chi connectivity index (χ3v) is 6.35. The first kappa shape index (κ1) is 25.1. The van der Waals surface area contributed by atoms with Gasteiger partial charge in [-0.2, -0.15) is 0 Å². The van der Waals surface area contributed by atoms with Gasteiger partial charge in [-0.25, -0.2) is 0 Å². The topological polar surface area (TPSA) is 77.8 Å². The molecule has 1 aliphatic heterocycles. The fourth-order valence-corrected chi connectivity index (χ4v) is 4.30. The largest absolute Gasteiger partial charge is 0.481 e. The molecular weight excluding hydrogens is 390 g/mol. The average Bonchev–Trinajstić information content (AvgIpc) is 3.11. The number of carbonyl (C=O) groups is 2. The predicted octanol–water partition coefficient (Wildman–Crippen LogP) is 4.98. The minimum absolute atomic E-state index is 0.179. The molecule has 1 fully saturated rings. The van der Waals surface area contributed by atoms with E-state index in [1.54, 1.807) is 0 Å². The Kier molecular flexibility index (Phi) is 11.4. The number of carboxylic acid groups (broad SMARTS) is 1. The Morgan fingerprint density at radius 1 is 1.16 bits per heavy atom. The summed E-state index contributed by atoms with van der Waals surface area (Å²) in [4.78, 5) is 24.7. The molecule has 172 valence electrons. The van der Waals surface area contributed by atoms with Gasteiger partial charge in [-0.05, 0) is 62.8 Å². The molecular formula is C26H39NO4. The van der Waals surface area contributed by atoms with Crippen LogP contribution in [0.3, 0.4) is 0 Å². The van der Waals surface area contributed by atoms with Crippen LogP contribution in [0.4, 0.5) is 0 Å². The summed E-state index contributed by atoms with van der Waals surface area (Å²) in [6.45, 7) is 2.71. The highest BCUT2D eigenvalue weighted by Crippen LogP contribution is 2.25. The molecule has 1 aromatic rings. The Morgan fingerprint density at radius 2 is 1.94 bits per heavy atom. The normalized spacial score (nSPS) is 18.6. The number of nitrogens with zero attached hydrogens (tertiary/aromatic N) is 1. The molecule has 1 amide bonds. The number of unbranched alkanes of at least 4 members (excludes halogenated alkanes) is 2. The zero-order valence-corrected chi connectivity index (χ0v) is 18.9. The Morgan fingerprint density at radius 3 is 2.68 bits per heavy atom. The summed E-state index contributed by atoms with van der Waals surface area (Å²) in [7, 11) is 0. The maximum absolute atomic E-state index is 12.2. The van der Waals surface area contributed by atoms with Crippen LogP contribution in [-0.4, -0.2) is 45.7 Å². The zero-order valence-electron chi connectivity index (χ0n) is 18.9. The van der Waals surface area contributed by atoms with Crippen LogP contribution in [0.2, 0.25) is 0 Å². The van der Waals surface area contributed by atoms with Crippen molar-refractivity contribution in [3.05, 3.63) is 48.0 Å². The lowest BCUT2D eigenvalue weighted by molar-refractivity contribution is -0.137. The molecule has 5 heteroatoms. The van der Waals surface area contributed by atoms with E-state index in [4.69, 9.17) is 5.11 Å². The Balaban J connectivity index is 1.64. The molecule has 3 atom stereocenters. The first-order valence-electron chi connectivity index (χ1n) is 11.9. The number of benzene rings is 1. The molecule has 1 aliphatic rings. The standard InChI is InChI=1S/C26H39NO4/c1-21(11-8-9-14-22-12-5-4-6-13-22)24(28)18-16-23-17-19-25(29)27(23)20-10-3-2-7-15-26(30)31/h3-6,10,12-13,21,23-24,28H,2,7-9,11,14-20H2,1H3,(H,30,31)/t21-,23-,24+/m0/s1. The molecule has 0 bridgehead atoms. The maximum Gasteiger partial charge on any atom is 0.303 e. The molecule has 0 unspecified atom stereocenters. The molecule has 0 spiro atoms. The summed E-state index contributed by atoms with van der Waals surface area (Å²) in [5, 5.41) is 19.3. The molecule has 31 heavy (non-hydrogen) atoms. The van der Waals surface area contributed by atoms with E-state index in [0.717, 1.165) is 51.4 Å². The fraction of sp³-hybridized carbons (Fsp3) is 0.615. The van der Waals surface area contributed by atoms with Gasteiger partial charge in [-0.1, -0.05) is 55.8 Å². The number of amides is 1. The number of carboxylic acids is 1. The lowest BCUT2D eigenvalue weighted by atomic mass is 9.92. The van der Waals surface area contributed by atoms with Crippen LogP contribution < -0.4 is 0 Å². The van der Waals surface area contributed by atoms with Gasteiger partial charge in [0.05, 0.1) is 6.10 Å². The SMILES string of the molecule is C[C@@H](CCCCc1ccccc1)[C@H](O)CC[C@H]1CCC(=O)N1CC=CCCCC(=O)O.